The molecule has 25 heavy (non-hydrogen) atoms. The number of likely N-dealkylation sites (tertiary alicyclic amines) is 1. The molecule has 1 fully saturated rings. The number of aromatic nitrogens is 3. The third-order valence-electron chi connectivity index (χ3n) is 5.42. The van der Waals surface area contributed by atoms with Crippen LogP contribution in [0.2, 0.25) is 0 Å². The van der Waals surface area contributed by atoms with E-state index >= 15 is 0 Å². The van der Waals surface area contributed by atoms with Gasteiger partial charge >= 0.3 is 0 Å². The molecule has 1 saturated heterocycles. The summed E-state index contributed by atoms with van der Waals surface area (Å²) in [7, 11) is 0. The number of aromatic amines is 1. The van der Waals surface area contributed by atoms with E-state index in [0.29, 0.717) is 11.8 Å². The smallest absolute Gasteiger partial charge is 0.226 e. The summed E-state index contributed by atoms with van der Waals surface area (Å²) in [5, 5.41) is 7.47. The second-order valence-electron chi connectivity index (χ2n) is 7.04. The van der Waals surface area contributed by atoms with Crippen LogP contribution >= 0.6 is 0 Å². The molecule has 0 bridgehead atoms. The van der Waals surface area contributed by atoms with Crippen LogP contribution in [0.15, 0.2) is 42.9 Å². The summed E-state index contributed by atoms with van der Waals surface area (Å²) >= 11 is 0. The van der Waals surface area contributed by atoms with Crippen molar-refractivity contribution in [1.82, 2.24) is 20.1 Å². The van der Waals surface area contributed by atoms with Crippen LogP contribution in [0.3, 0.4) is 0 Å². The predicted molar refractivity (Wildman–Crippen MR) is 96.9 cm³/mol. The minimum absolute atomic E-state index is 0.171. The number of nitrogens with zero attached hydrogens (tertiary/aromatic N) is 3. The van der Waals surface area contributed by atoms with Crippen LogP contribution in [-0.2, 0) is 4.79 Å². The molecule has 0 spiro atoms. The molecule has 2 atom stereocenters. The third-order valence-corrected chi connectivity index (χ3v) is 5.42. The topological polar surface area (TPSA) is 61.9 Å². The molecule has 1 aliphatic heterocycles. The summed E-state index contributed by atoms with van der Waals surface area (Å²) in [5.41, 5.74) is 3.40. The van der Waals surface area contributed by atoms with Crippen LogP contribution in [0.5, 0.6) is 0 Å². The Morgan fingerprint density at radius 2 is 2.08 bits per heavy atom. The molecule has 2 aromatic heterocycles. The third kappa shape index (κ3) is 3.36. The van der Waals surface area contributed by atoms with Crippen LogP contribution < -0.4 is 0 Å². The van der Waals surface area contributed by atoms with E-state index in [1.807, 2.05) is 18.3 Å². The maximum Gasteiger partial charge on any atom is 0.226 e. The fraction of sp³-hybridized carbons (Fsp3) is 0.450. The highest BCUT2D eigenvalue weighted by Crippen LogP contribution is 2.33. The van der Waals surface area contributed by atoms with Gasteiger partial charge in [0.15, 0.2) is 0 Å². The van der Waals surface area contributed by atoms with E-state index in [9.17, 15) is 4.79 Å². The molecule has 1 aliphatic carbocycles. The zero-order valence-electron chi connectivity index (χ0n) is 14.4. The van der Waals surface area contributed by atoms with Gasteiger partial charge < -0.3 is 4.90 Å². The normalized spacial score (nSPS) is 23.6. The number of hydrogen-bond donors (Lipinski definition) is 1. The summed E-state index contributed by atoms with van der Waals surface area (Å²) in [6, 6.07) is 4.02. The number of H-pyrrole nitrogens is 1. The molecule has 0 unspecified atom stereocenters. The number of amides is 1. The first-order valence-electron chi connectivity index (χ1n) is 9.20. The van der Waals surface area contributed by atoms with Crippen molar-refractivity contribution < 1.29 is 4.79 Å². The Bertz CT molecular complexity index is 752. The first-order chi connectivity index (χ1) is 12.3. The average molecular weight is 336 g/mol. The van der Waals surface area contributed by atoms with Crippen molar-refractivity contribution in [3.8, 4) is 11.1 Å². The Labute approximate surface area is 148 Å². The lowest BCUT2D eigenvalue weighted by molar-refractivity contribution is -0.137. The Hall–Kier alpha value is -2.43. The van der Waals surface area contributed by atoms with E-state index in [0.717, 1.165) is 62.0 Å². The molecule has 1 N–H and O–H groups in total. The van der Waals surface area contributed by atoms with Gasteiger partial charge in [0.25, 0.3) is 0 Å². The lowest BCUT2D eigenvalue weighted by Gasteiger charge is -2.35. The summed E-state index contributed by atoms with van der Waals surface area (Å²) in [6.07, 6.45) is 14.9. The van der Waals surface area contributed by atoms with Crippen molar-refractivity contribution in [3.63, 3.8) is 0 Å². The molecular weight excluding hydrogens is 312 g/mol. The lowest BCUT2D eigenvalue weighted by atomic mass is 9.88. The maximum absolute atomic E-state index is 12.9. The summed E-state index contributed by atoms with van der Waals surface area (Å²) in [4.78, 5) is 19.1. The fourth-order valence-electron chi connectivity index (χ4n) is 4.06. The van der Waals surface area contributed by atoms with Gasteiger partial charge in [-0.1, -0.05) is 12.2 Å². The Kier molecular flexibility index (Phi) is 4.63. The second kappa shape index (κ2) is 7.21. The molecule has 0 radical (unpaired) electrons. The lowest BCUT2D eigenvalue weighted by Crippen LogP contribution is -2.42. The van der Waals surface area contributed by atoms with Gasteiger partial charge in [-0.3, -0.25) is 14.9 Å². The Balaban J connectivity index is 1.51. The molecule has 3 heterocycles. The Morgan fingerprint density at radius 1 is 1.20 bits per heavy atom. The maximum atomic E-state index is 12.9. The summed E-state index contributed by atoms with van der Waals surface area (Å²) < 4.78 is 0. The number of carbonyl (C=O) groups is 1. The molecule has 130 valence electrons. The molecular formula is C20H24N4O. The number of carbonyl (C=O) groups excluding carboxylic acids is 1. The van der Waals surface area contributed by atoms with Crippen LogP contribution in [0.1, 0.15) is 43.7 Å². The van der Waals surface area contributed by atoms with Gasteiger partial charge in [0.2, 0.25) is 5.91 Å². The molecule has 4 rings (SSSR count). The number of allylic oxidation sites excluding steroid dienone is 2. The summed E-state index contributed by atoms with van der Waals surface area (Å²) in [5.74, 6) is 0.826. The molecule has 2 aromatic rings. The molecule has 5 heteroatoms. The van der Waals surface area contributed by atoms with Crippen molar-refractivity contribution in [3.05, 3.63) is 48.6 Å². The van der Waals surface area contributed by atoms with E-state index in [2.05, 4.69) is 32.2 Å². The highest BCUT2D eigenvalue weighted by molar-refractivity contribution is 5.79. The van der Waals surface area contributed by atoms with E-state index in [1.54, 1.807) is 12.4 Å². The summed E-state index contributed by atoms with van der Waals surface area (Å²) in [6.45, 7) is 1.67. The van der Waals surface area contributed by atoms with E-state index in [4.69, 9.17) is 0 Å². The van der Waals surface area contributed by atoms with Gasteiger partial charge in [0.1, 0.15) is 0 Å². The SMILES string of the molecule is O=C([C@@H]1CC=CCC1)N1CCC[C@H](c2[nH]ncc2-c2ccncc2)C1. The zero-order valence-corrected chi connectivity index (χ0v) is 14.4. The average Bonchev–Trinajstić information content (AvgIpc) is 3.19. The van der Waals surface area contributed by atoms with Crippen molar-refractivity contribution in [2.75, 3.05) is 13.1 Å². The number of rotatable bonds is 3. The molecule has 1 amide bonds. The second-order valence-corrected chi connectivity index (χ2v) is 7.04. The van der Waals surface area contributed by atoms with Crippen LogP contribution in [0, 0.1) is 5.92 Å². The van der Waals surface area contributed by atoms with Crippen molar-refractivity contribution in [2.45, 2.75) is 38.0 Å². The Morgan fingerprint density at radius 3 is 2.88 bits per heavy atom. The van der Waals surface area contributed by atoms with Gasteiger partial charge in [0.05, 0.1) is 6.20 Å². The quantitative estimate of drug-likeness (QED) is 0.872. The van der Waals surface area contributed by atoms with Gasteiger partial charge in [-0.25, -0.2) is 0 Å². The van der Waals surface area contributed by atoms with Crippen molar-refractivity contribution in [1.29, 1.82) is 0 Å². The minimum atomic E-state index is 0.171. The molecule has 0 aromatic carbocycles. The molecule has 5 nitrogen and oxygen atoms in total. The molecule has 0 saturated carbocycles. The largest absolute Gasteiger partial charge is 0.342 e. The first kappa shape index (κ1) is 16.1. The highest BCUT2D eigenvalue weighted by atomic mass is 16.2. The number of pyridine rings is 1. The van der Waals surface area contributed by atoms with E-state index in [1.165, 1.54) is 0 Å². The monoisotopic (exact) mass is 336 g/mol. The molecule has 2 aliphatic rings. The van der Waals surface area contributed by atoms with Gasteiger partial charge in [-0.2, -0.15) is 5.10 Å². The zero-order chi connectivity index (χ0) is 17.1. The number of piperidine rings is 1. The predicted octanol–water partition coefficient (Wildman–Crippen LogP) is 3.53. The first-order valence-corrected chi connectivity index (χ1v) is 9.20. The minimum Gasteiger partial charge on any atom is -0.342 e. The van der Waals surface area contributed by atoms with Crippen LogP contribution in [0.4, 0.5) is 0 Å². The number of hydrogen-bond acceptors (Lipinski definition) is 3. The highest BCUT2D eigenvalue weighted by Gasteiger charge is 2.31. The van der Waals surface area contributed by atoms with Crippen molar-refractivity contribution in [2.24, 2.45) is 5.92 Å². The standard InChI is InChI=1S/C20H24N4O/c25-20(16-5-2-1-3-6-16)24-12-4-7-17(14-24)19-18(13-22-23-19)15-8-10-21-11-9-15/h1-2,8-11,13,16-17H,3-7,12,14H2,(H,22,23)/t16-,17+/m1/s1. The van der Waals surface area contributed by atoms with Gasteiger partial charge in [-0.15, -0.1) is 0 Å². The van der Waals surface area contributed by atoms with Crippen molar-refractivity contribution >= 4 is 5.91 Å². The number of nitrogens with one attached hydrogen (secondary N) is 1. The fourth-order valence-corrected chi connectivity index (χ4v) is 4.06. The van der Waals surface area contributed by atoms with Crippen LogP contribution in [-0.4, -0.2) is 39.1 Å². The van der Waals surface area contributed by atoms with Gasteiger partial charge in [0, 0.05) is 48.6 Å². The van der Waals surface area contributed by atoms with Crippen LogP contribution in [0.25, 0.3) is 11.1 Å². The van der Waals surface area contributed by atoms with Gasteiger partial charge in [-0.05, 0) is 49.8 Å². The van der Waals surface area contributed by atoms with E-state index in [-0.39, 0.29) is 5.92 Å². The van der Waals surface area contributed by atoms with E-state index < -0.39 is 0 Å².